The lowest BCUT2D eigenvalue weighted by Gasteiger charge is -2.15. The van der Waals surface area contributed by atoms with Crippen molar-refractivity contribution in [3.05, 3.63) is 51.0 Å². The summed E-state index contributed by atoms with van der Waals surface area (Å²) in [6.07, 6.45) is 0. The molecule has 0 spiro atoms. The number of nitrogens with zero attached hydrogens (tertiary/aromatic N) is 1. The number of sulfonamides is 1. The summed E-state index contributed by atoms with van der Waals surface area (Å²) in [6.45, 7) is 4.71. The van der Waals surface area contributed by atoms with Gasteiger partial charge >= 0.3 is 0 Å². The first-order valence-corrected chi connectivity index (χ1v) is 10.6. The molecule has 5 nitrogen and oxygen atoms in total. The zero-order chi connectivity index (χ0) is 19.5. The molecule has 0 unspecified atom stereocenters. The van der Waals surface area contributed by atoms with E-state index in [0.29, 0.717) is 34.2 Å². The molecular weight excluding hydrogens is 440 g/mol. The van der Waals surface area contributed by atoms with Gasteiger partial charge in [-0.1, -0.05) is 27.5 Å². The zero-order valence-corrected chi connectivity index (χ0v) is 18.3. The monoisotopic (exact) mass is 460 g/mol. The number of nitrogens with one attached hydrogen (secondary N) is 1. The van der Waals surface area contributed by atoms with Crippen LogP contribution in [0.4, 0.5) is 5.69 Å². The lowest BCUT2D eigenvalue weighted by Crippen LogP contribution is -2.19. The van der Waals surface area contributed by atoms with Gasteiger partial charge in [-0.3, -0.25) is 4.72 Å². The van der Waals surface area contributed by atoms with Crippen LogP contribution in [0.25, 0.3) is 0 Å². The predicted octanol–water partition coefficient (Wildman–Crippen LogP) is 4.46. The molecule has 8 heteroatoms. The Hall–Kier alpha value is -1.28. The minimum Gasteiger partial charge on any atom is -0.491 e. The predicted molar refractivity (Wildman–Crippen MR) is 110 cm³/mol. The van der Waals surface area contributed by atoms with Crippen LogP contribution in [0.1, 0.15) is 11.1 Å². The van der Waals surface area contributed by atoms with Crippen molar-refractivity contribution in [1.82, 2.24) is 4.90 Å². The van der Waals surface area contributed by atoms with Gasteiger partial charge < -0.3 is 9.64 Å². The maximum Gasteiger partial charge on any atom is 0.262 e. The van der Waals surface area contributed by atoms with Crippen LogP contribution in [-0.4, -0.2) is 40.6 Å². The van der Waals surface area contributed by atoms with E-state index in [9.17, 15) is 8.42 Å². The molecular formula is C18H22BrClN2O3S. The third-order valence-electron chi connectivity index (χ3n) is 3.67. The summed E-state index contributed by atoms with van der Waals surface area (Å²) in [5.74, 6) is 0.443. The van der Waals surface area contributed by atoms with Gasteiger partial charge in [0.15, 0.2) is 0 Å². The van der Waals surface area contributed by atoms with E-state index in [0.717, 1.165) is 11.0 Å². The van der Waals surface area contributed by atoms with E-state index in [4.69, 9.17) is 16.3 Å². The zero-order valence-electron chi connectivity index (χ0n) is 15.1. The average Bonchev–Trinajstić information content (AvgIpc) is 2.48. The van der Waals surface area contributed by atoms with Gasteiger partial charge in [0.1, 0.15) is 12.4 Å². The van der Waals surface area contributed by atoms with Crippen molar-refractivity contribution < 1.29 is 13.2 Å². The summed E-state index contributed by atoms with van der Waals surface area (Å²) in [5.41, 5.74) is 1.73. The number of ether oxygens (including phenoxy) is 1. The van der Waals surface area contributed by atoms with Crippen molar-refractivity contribution in [3.63, 3.8) is 0 Å². The Balaban J connectivity index is 2.27. The Bertz CT molecular complexity index is 878. The standard InChI is InChI=1S/C18H22BrClN2O3S/c1-12-9-14(19)10-13(2)18(12)26(23,24)21-15-5-6-16(20)17(11-15)25-8-7-22(3)4/h5-6,9-11,21H,7-8H2,1-4H3. The normalized spacial score (nSPS) is 11.7. The van der Waals surface area contributed by atoms with Gasteiger partial charge in [0, 0.05) is 17.1 Å². The molecule has 0 heterocycles. The molecule has 0 aliphatic heterocycles. The quantitative estimate of drug-likeness (QED) is 0.661. The SMILES string of the molecule is Cc1cc(Br)cc(C)c1S(=O)(=O)Nc1ccc(Cl)c(OCCN(C)C)c1. The molecule has 0 amide bonds. The van der Waals surface area contributed by atoms with Crippen LogP contribution in [0.5, 0.6) is 5.75 Å². The van der Waals surface area contributed by atoms with Crippen molar-refractivity contribution in [2.75, 3.05) is 32.0 Å². The average molecular weight is 462 g/mol. The van der Waals surface area contributed by atoms with Crippen LogP contribution < -0.4 is 9.46 Å². The minimum absolute atomic E-state index is 0.269. The Morgan fingerprint density at radius 3 is 2.35 bits per heavy atom. The molecule has 0 saturated heterocycles. The van der Waals surface area contributed by atoms with Crippen LogP contribution in [-0.2, 0) is 10.0 Å². The number of hydrogen-bond acceptors (Lipinski definition) is 4. The first kappa shape index (κ1) is 21.0. The van der Waals surface area contributed by atoms with Gasteiger partial charge in [-0.25, -0.2) is 8.42 Å². The smallest absolute Gasteiger partial charge is 0.262 e. The highest BCUT2D eigenvalue weighted by Gasteiger charge is 2.20. The fraction of sp³-hybridized carbons (Fsp3) is 0.333. The summed E-state index contributed by atoms with van der Waals surface area (Å²) in [4.78, 5) is 2.25. The number of anilines is 1. The van der Waals surface area contributed by atoms with Gasteiger partial charge in [-0.05, 0) is 63.3 Å². The number of halogens is 2. The number of aryl methyl sites for hydroxylation is 2. The maximum atomic E-state index is 12.8. The van der Waals surface area contributed by atoms with Crippen LogP contribution in [0.15, 0.2) is 39.7 Å². The molecule has 0 aliphatic carbocycles. The fourth-order valence-electron chi connectivity index (χ4n) is 2.54. The van der Waals surface area contributed by atoms with Crippen LogP contribution >= 0.6 is 27.5 Å². The fourth-order valence-corrected chi connectivity index (χ4v) is 4.91. The van der Waals surface area contributed by atoms with Crippen LogP contribution in [0.3, 0.4) is 0 Å². The molecule has 0 aromatic heterocycles. The second kappa shape index (κ2) is 8.61. The van der Waals surface area contributed by atoms with Gasteiger partial charge in [0.05, 0.1) is 15.6 Å². The minimum atomic E-state index is -3.73. The number of benzene rings is 2. The first-order chi connectivity index (χ1) is 12.1. The molecule has 1 N–H and O–H groups in total. The van der Waals surface area contributed by atoms with E-state index in [1.165, 1.54) is 0 Å². The molecule has 0 atom stereocenters. The molecule has 2 aromatic rings. The molecule has 0 bridgehead atoms. The highest BCUT2D eigenvalue weighted by atomic mass is 79.9. The van der Waals surface area contributed by atoms with Crippen molar-refractivity contribution in [2.24, 2.45) is 0 Å². The van der Waals surface area contributed by atoms with Crippen LogP contribution in [0.2, 0.25) is 5.02 Å². The van der Waals surface area contributed by atoms with Gasteiger partial charge in [0.2, 0.25) is 0 Å². The second-order valence-corrected chi connectivity index (χ2v) is 9.21. The van der Waals surface area contributed by atoms with Gasteiger partial charge in [-0.2, -0.15) is 0 Å². The Morgan fingerprint density at radius 2 is 1.77 bits per heavy atom. The Labute approximate surface area is 168 Å². The second-order valence-electron chi connectivity index (χ2n) is 6.27. The highest BCUT2D eigenvalue weighted by molar-refractivity contribution is 9.10. The van der Waals surface area contributed by atoms with Crippen molar-refractivity contribution in [2.45, 2.75) is 18.7 Å². The third kappa shape index (κ3) is 5.36. The summed E-state index contributed by atoms with van der Waals surface area (Å²) in [6, 6.07) is 8.38. The molecule has 2 aromatic carbocycles. The third-order valence-corrected chi connectivity index (χ3v) is 6.13. The van der Waals surface area contributed by atoms with Crippen molar-refractivity contribution in [3.8, 4) is 5.75 Å². The van der Waals surface area contributed by atoms with Gasteiger partial charge in [0.25, 0.3) is 10.0 Å². The van der Waals surface area contributed by atoms with Crippen molar-refractivity contribution >= 4 is 43.2 Å². The Morgan fingerprint density at radius 1 is 1.15 bits per heavy atom. The van der Waals surface area contributed by atoms with E-state index < -0.39 is 10.0 Å². The molecule has 0 aliphatic rings. The lowest BCUT2D eigenvalue weighted by atomic mass is 10.2. The van der Waals surface area contributed by atoms with E-state index >= 15 is 0 Å². The van der Waals surface area contributed by atoms with E-state index in [-0.39, 0.29) is 4.90 Å². The van der Waals surface area contributed by atoms with Crippen LogP contribution in [0, 0.1) is 13.8 Å². The Kier molecular flexibility index (Phi) is 6.96. The molecule has 0 fully saturated rings. The van der Waals surface area contributed by atoms with E-state index in [1.807, 2.05) is 19.0 Å². The van der Waals surface area contributed by atoms with E-state index in [2.05, 4.69) is 20.7 Å². The largest absolute Gasteiger partial charge is 0.491 e. The summed E-state index contributed by atoms with van der Waals surface area (Å²) >= 11 is 9.53. The molecule has 142 valence electrons. The molecule has 2 rings (SSSR count). The number of rotatable bonds is 7. The number of likely N-dealkylation sites (N-methyl/N-ethyl adjacent to an activating group) is 1. The maximum absolute atomic E-state index is 12.8. The number of hydrogen-bond donors (Lipinski definition) is 1. The molecule has 26 heavy (non-hydrogen) atoms. The van der Waals surface area contributed by atoms with Gasteiger partial charge in [-0.15, -0.1) is 0 Å². The first-order valence-electron chi connectivity index (χ1n) is 7.97. The summed E-state index contributed by atoms with van der Waals surface area (Å²) < 4.78 is 34.8. The highest BCUT2D eigenvalue weighted by Crippen LogP contribution is 2.31. The summed E-state index contributed by atoms with van der Waals surface area (Å²) in [5, 5.41) is 0.433. The summed E-state index contributed by atoms with van der Waals surface area (Å²) in [7, 11) is 0.153. The van der Waals surface area contributed by atoms with Crippen molar-refractivity contribution in [1.29, 1.82) is 0 Å². The topological polar surface area (TPSA) is 58.6 Å². The van der Waals surface area contributed by atoms with E-state index in [1.54, 1.807) is 44.2 Å². The molecule has 0 saturated carbocycles. The molecule has 0 radical (unpaired) electrons. The lowest BCUT2D eigenvalue weighted by molar-refractivity contribution is 0.261.